The van der Waals surface area contributed by atoms with Gasteiger partial charge >= 0.3 is 0 Å². The number of hydrogen-bond acceptors (Lipinski definition) is 8. The molecule has 0 aliphatic carbocycles. The molecule has 0 N–H and O–H groups in total. The van der Waals surface area contributed by atoms with Gasteiger partial charge in [-0.15, -0.1) is 0 Å². The van der Waals surface area contributed by atoms with Crippen molar-refractivity contribution in [1.29, 1.82) is 0 Å². The molecule has 0 atom stereocenters. The SMILES string of the molecule is CCCCCC(CCCCC)n1c(=O)c2ccc3c4c(C)cc5c(=O)n(C(CCCCC)CCCCC)c(=O)c6cc7c8c9cc%10c(=O)n(C(CCCCC)CCCCC)c(=O)c%11ccc%12c%13c(Br)cc%14c(=O)n(C(CCCCC)CCCCC)c(=O)c%15cc(c8c8cc(c1=O)c2c3c8c7c4c56)c(c9c%12c%11%10)c%13c%14%15. The largest absolute Gasteiger partial charge is 0.271 e. The van der Waals surface area contributed by atoms with Gasteiger partial charge in [0.15, 0.2) is 0 Å². The first-order valence-electron chi connectivity index (χ1n) is 42.1. The average Bonchev–Trinajstić information content (AvgIpc) is 0.675. The molecule has 4 heterocycles. The van der Waals surface area contributed by atoms with Gasteiger partial charge in [0.25, 0.3) is 44.5 Å². The summed E-state index contributed by atoms with van der Waals surface area (Å²) in [5.74, 6) is 0. The first kappa shape index (κ1) is 73.7. The van der Waals surface area contributed by atoms with E-state index in [4.69, 9.17) is 0 Å². The Hall–Kier alpha value is -8.42. The van der Waals surface area contributed by atoms with Gasteiger partial charge in [-0.2, -0.15) is 0 Å². The second kappa shape index (κ2) is 29.8. The van der Waals surface area contributed by atoms with Crippen LogP contribution in [0.25, 0.3) is 162 Å². The van der Waals surface area contributed by atoms with Crippen LogP contribution in [-0.2, 0) is 0 Å². The van der Waals surface area contributed by atoms with E-state index in [0.717, 1.165) is 219 Å². The van der Waals surface area contributed by atoms with Crippen molar-refractivity contribution < 1.29 is 0 Å². The smallest absolute Gasteiger partial charge is 0.261 e. The van der Waals surface area contributed by atoms with Crippen LogP contribution in [0.2, 0.25) is 0 Å². The molecular weight excluding hydrogens is 1400 g/mol. The lowest BCUT2D eigenvalue weighted by Gasteiger charge is -2.28. The molecule has 13 heteroatoms. The van der Waals surface area contributed by atoms with Gasteiger partial charge in [-0.25, -0.2) is 0 Å². The van der Waals surface area contributed by atoms with Gasteiger partial charge < -0.3 is 0 Å². The van der Waals surface area contributed by atoms with E-state index in [0.29, 0.717) is 158 Å². The molecule has 0 aliphatic heterocycles. The van der Waals surface area contributed by atoms with Crippen LogP contribution in [0.1, 0.15) is 291 Å². The zero-order valence-corrected chi connectivity index (χ0v) is 66.7. The normalized spacial score (nSPS) is 13.1. The molecule has 0 saturated carbocycles. The van der Waals surface area contributed by atoms with Crippen LogP contribution in [0.4, 0.5) is 0 Å². The zero-order valence-electron chi connectivity index (χ0n) is 65.1. The fraction of sp³-hybridized carbons (Fsp3) is 0.474. The summed E-state index contributed by atoms with van der Waals surface area (Å²) in [6, 6.07) is 18.5. The lowest BCUT2D eigenvalue weighted by atomic mass is 9.76. The third-order valence-electron chi connectivity index (χ3n) is 26.1. The number of aryl methyl sites for hydroxylation is 1. The maximum Gasteiger partial charge on any atom is 0.261 e. The average molecular weight is 1510 g/mol. The van der Waals surface area contributed by atoms with E-state index >= 15 is 38.4 Å². The van der Waals surface area contributed by atoms with Crippen molar-refractivity contribution >= 4 is 178 Å². The number of unbranched alkanes of at least 4 members (excludes halogenated alkanes) is 16. The van der Waals surface area contributed by atoms with Crippen LogP contribution in [0.5, 0.6) is 0 Å². The van der Waals surface area contributed by atoms with Crippen LogP contribution in [0, 0.1) is 6.92 Å². The number of hydrogen-bond donors (Lipinski definition) is 0. The molecule has 4 aromatic heterocycles. The Morgan fingerprint density at radius 2 is 0.426 bits per heavy atom. The Morgan fingerprint density at radius 3 is 0.713 bits per heavy atom. The molecule has 16 aromatic rings. The van der Waals surface area contributed by atoms with Crippen LogP contribution in [0.3, 0.4) is 0 Å². The van der Waals surface area contributed by atoms with Crippen molar-refractivity contribution in [3.05, 3.63) is 154 Å². The summed E-state index contributed by atoms with van der Waals surface area (Å²) >= 11 is 4.17. The Kier molecular flexibility index (Phi) is 20.3. The van der Waals surface area contributed by atoms with E-state index in [1.54, 1.807) is 18.3 Å². The van der Waals surface area contributed by atoms with E-state index in [1.807, 2.05) is 54.6 Å². The van der Waals surface area contributed by atoms with Crippen LogP contribution in [-0.4, -0.2) is 18.3 Å². The molecule has 0 unspecified atom stereocenters. The highest BCUT2D eigenvalue weighted by Gasteiger charge is 2.36. The van der Waals surface area contributed by atoms with E-state index in [9.17, 15) is 0 Å². The summed E-state index contributed by atoms with van der Waals surface area (Å²) in [6.45, 7) is 19.4. The predicted molar refractivity (Wildman–Crippen MR) is 462 cm³/mol. The Morgan fingerprint density at radius 1 is 0.222 bits per heavy atom. The van der Waals surface area contributed by atoms with Gasteiger partial charge in [-0.05, 0) is 199 Å². The van der Waals surface area contributed by atoms with Gasteiger partial charge in [0.1, 0.15) is 0 Å². The minimum atomic E-state index is -0.370. The van der Waals surface area contributed by atoms with Gasteiger partial charge in [0.05, 0.1) is 0 Å². The maximum absolute atomic E-state index is 16.7. The maximum atomic E-state index is 16.7. The quantitative estimate of drug-likeness (QED) is 0.0213. The van der Waals surface area contributed by atoms with Gasteiger partial charge in [-0.1, -0.05) is 238 Å². The second-order valence-corrected chi connectivity index (χ2v) is 33.7. The van der Waals surface area contributed by atoms with Crippen molar-refractivity contribution in [3.8, 4) is 0 Å². The summed E-state index contributed by atoms with van der Waals surface area (Å²) in [6.07, 6.45) is 27.8. The first-order valence-corrected chi connectivity index (χ1v) is 42.9. The third kappa shape index (κ3) is 11.2. The van der Waals surface area contributed by atoms with Crippen molar-refractivity contribution in [3.63, 3.8) is 0 Å². The van der Waals surface area contributed by atoms with E-state index < -0.39 is 0 Å². The summed E-state index contributed by atoms with van der Waals surface area (Å²) in [7, 11) is 0. The third-order valence-corrected chi connectivity index (χ3v) is 26.7. The molecular formula is C95H105BrN4O8. The zero-order chi connectivity index (χ0) is 75.4. The summed E-state index contributed by atoms with van der Waals surface area (Å²) in [5.41, 5.74) is -1.87. The molecule has 108 heavy (non-hydrogen) atoms. The molecule has 12 aromatic carbocycles. The molecule has 12 nitrogen and oxygen atoms in total. The molecule has 0 saturated heterocycles. The highest BCUT2D eigenvalue weighted by molar-refractivity contribution is 9.10. The summed E-state index contributed by atoms with van der Waals surface area (Å²) in [5, 5.41) is 19.0. The molecule has 0 fully saturated rings. The Bertz CT molecular complexity index is 6210. The van der Waals surface area contributed by atoms with Gasteiger partial charge in [0, 0.05) is 104 Å². The van der Waals surface area contributed by atoms with Gasteiger partial charge in [-0.3, -0.25) is 56.6 Å². The highest BCUT2D eigenvalue weighted by Crippen LogP contribution is 2.58. The van der Waals surface area contributed by atoms with Crippen LogP contribution >= 0.6 is 15.9 Å². The Labute approximate surface area is 637 Å². The molecule has 0 spiro atoms. The summed E-state index contributed by atoms with van der Waals surface area (Å²) in [4.78, 5) is 131. The molecule has 0 amide bonds. The second-order valence-electron chi connectivity index (χ2n) is 32.9. The fourth-order valence-electron chi connectivity index (χ4n) is 20.9. The molecule has 0 radical (unpaired) electrons. The van der Waals surface area contributed by atoms with Gasteiger partial charge in [0.2, 0.25) is 0 Å². The lowest BCUT2D eigenvalue weighted by molar-refractivity contribution is 0.387. The molecule has 0 aliphatic rings. The predicted octanol–water partition coefficient (Wildman–Crippen LogP) is 24.5. The van der Waals surface area contributed by atoms with E-state index in [2.05, 4.69) is 84.3 Å². The highest BCUT2D eigenvalue weighted by atomic mass is 79.9. The monoisotopic (exact) mass is 1510 g/mol. The number of benzene rings is 12. The van der Waals surface area contributed by atoms with Crippen molar-refractivity contribution in [2.45, 2.75) is 292 Å². The number of pyridine rings is 4. The first-order chi connectivity index (χ1) is 52.6. The van der Waals surface area contributed by atoms with E-state index in [1.165, 1.54) is 0 Å². The lowest BCUT2D eigenvalue weighted by Crippen LogP contribution is -2.37. The number of aromatic nitrogens is 4. The molecule has 560 valence electrons. The van der Waals surface area contributed by atoms with Crippen molar-refractivity contribution in [1.82, 2.24) is 18.3 Å². The Balaban J connectivity index is 1.20. The molecule has 16 rings (SSSR count). The number of fused-ring (bicyclic) bond motifs is 7. The topological polar surface area (TPSA) is 156 Å². The van der Waals surface area contributed by atoms with Crippen LogP contribution in [0.15, 0.2) is 103 Å². The van der Waals surface area contributed by atoms with Crippen LogP contribution < -0.4 is 44.5 Å². The summed E-state index contributed by atoms with van der Waals surface area (Å²) < 4.78 is 7.00. The van der Waals surface area contributed by atoms with E-state index in [-0.39, 0.29) is 68.6 Å². The minimum Gasteiger partial charge on any atom is -0.271 e. The minimum absolute atomic E-state index is 0.304. The number of halogens is 1. The molecule has 0 bridgehead atoms. The standard InChI is InChI=1S/C95H105BrN4O8/c1-10-18-26-34-53(35-27-19-11-2)97-88(101)59-44-42-57-72-52(9)46-65-77-68(93(106)99(90(65)103)55(38-30-22-14-5)39-31-23-15-6)49-63-75-62-48-67-74-60(89(102)98(92(67)105)54(36-28-20-12-3)37-29-21-13-4)45-43-58-79-71(96)51-70-78-69(94(107)100(95(70)108)56(40-32-24-16-7)41-33-25-17-8)50-64(85(87(78)79)83(62)81(58)74)76(75)61-47-66(91(97)104)73(59)80(57)82(61)84(63)86(72)77/h42-51,53-56H,10-41H2,1-9H3. The fourth-order valence-corrected chi connectivity index (χ4v) is 21.6. The van der Waals surface area contributed by atoms with Crippen molar-refractivity contribution in [2.75, 3.05) is 0 Å². The van der Waals surface area contributed by atoms with Crippen molar-refractivity contribution in [2.24, 2.45) is 0 Å². The number of nitrogens with zero attached hydrogens (tertiary/aromatic N) is 4. The number of rotatable bonds is 36.